The summed E-state index contributed by atoms with van der Waals surface area (Å²) in [4.78, 5) is 6.85. The minimum absolute atomic E-state index is 0.422. The molecule has 2 saturated heterocycles. The van der Waals surface area contributed by atoms with Gasteiger partial charge in [0.25, 0.3) is 0 Å². The topological polar surface area (TPSA) is 50.8 Å². The van der Waals surface area contributed by atoms with Gasteiger partial charge in [-0.3, -0.25) is 4.99 Å². The summed E-state index contributed by atoms with van der Waals surface area (Å²) in [6.07, 6.45) is 9.13. The minimum Gasteiger partial charge on any atom is -0.378 e. The SMILES string of the molecule is C[C@H]1C[C@H](CCN=C(N)N2CCCCCC2)CCO1. The number of aliphatic imine (C=N–C) groups is 1. The smallest absolute Gasteiger partial charge is 0.191 e. The van der Waals surface area contributed by atoms with Crippen LogP contribution in [0.3, 0.4) is 0 Å². The third kappa shape index (κ3) is 5.01. The Labute approximate surface area is 117 Å². The fourth-order valence-electron chi connectivity index (χ4n) is 3.11. The van der Waals surface area contributed by atoms with Crippen molar-refractivity contribution in [1.29, 1.82) is 0 Å². The van der Waals surface area contributed by atoms with Crippen molar-refractivity contribution in [1.82, 2.24) is 4.90 Å². The standard InChI is InChI=1S/C15H29N3O/c1-13-12-14(7-11-19-13)6-8-17-15(16)18-9-4-2-3-5-10-18/h13-14H,2-12H2,1H3,(H2,16,17)/t13-,14+/m0/s1. The van der Waals surface area contributed by atoms with Crippen LogP contribution in [0.5, 0.6) is 0 Å². The number of guanidine groups is 1. The first kappa shape index (κ1) is 14.6. The van der Waals surface area contributed by atoms with Gasteiger partial charge >= 0.3 is 0 Å². The van der Waals surface area contributed by atoms with Crippen molar-refractivity contribution in [2.24, 2.45) is 16.6 Å². The van der Waals surface area contributed by atoms with Crippen molar-refractivity contribution in [3.8, 4) is 0 Å². The maximum absolute atomic E-state index is 6.11. The van der Waals surface area contributed by atoms with Crippen LogP contribution in [-0.4, -0.2) is 43.2 Å². The van der Waals surface area contributed by atoms with Gasteiger partial charge in [-0.2, -0.15) is 0 Å². The molecule has 0 aromatic carbocycles. The molecule has 0 bridgehead atoms. The van der Waals surface area contributed by atoms with E-state index in [1.807, 2.05) is 0 Å². The third-order valence-electron chi connectivity index (χ3n) is 4.33. The predicted octanol–water partition coefficient (Wildman–Crippen LogP) is 2.38. The quantitative estimate of drug-likeness (QED) is 0.631. The van der Waals surface area contributed by atoms with Crippen LogP contribution in [0.2, 0.25) is 0 Å². The van der Waals surface area contributed by atoms with E-state index >= 15 is 0 Å². The first-order valence-corrected chi connectivity index (χ1v) is 7.92. The number of likely N-dealkylation sites (tertiary alicyclic amines) is 1. The lowest BCUT2D eigenvalue weighted by atomic mass is 9.93. The van der Waals surface area contributed by atoms with Crippen LogP contribution in [0.1, 0.15) is 51.9 Å². The Hall–Kier alpha value is -0.770. The first-order chi connectivity index (χ1) is 9.25. The second-order valence-electron chi connectivity index (χ2n) is 6.00. The molecule has 4 nitrogen and oxygen atoms in total. The summed E-state index contributed by atoms with van der Waals surface area (Å²) >= 11 is 0. The Morgan fingerprint density at radius 3 is 2.68 bits per heavy atom. The van der Waals surface area contributed by atoms with E-state index in [-0.39, 0.29) is 0 Å². The average Bonchev–Trinajstić information content (AvgIpc) is 2.67. The summed E-state index contributed by atoms with van der Waals surface area (Å²) in [6, 6.07) is 0. The normalized spacial score (nSPS) is 30.2. The lowest BCUT2D eigenvalue weighted by Crippen LogP contribution is -2.38. The van der Waals surface area contributed by atoms with Gasteiger partial charge in [-0.15, -0.1) is 0 Å². The Kier molecular flexibility index (Phi) is 5.95. The zero-order chi connectivity index (χ0) is 13.5. The van der Waals surface area contributed by atoms with Crippen molar-refractivity contribution in [2.45, 2.75) is 58.0 Å². The predicted molar refractivity (Wildman–Crippen MR) is 79.3 cm³/mol. The van der Waals surface area contributed by atoms with Crippen LogP contribution in [0.25, 0.3) is 0 Å². The lowest BCUT2D eigenvalue weighted by Gasteiger charge is -2.27. The molecule has 2 aliphatic rings. The minimum atomic E-state index is 0.422. The Morgan fingerprint density at radius 2 is 2.00 bits per heavy atom. The summed E-state index contributed by atoms with van der Waals surface area (Å²) in [5, 5.41) is 0. The van der Waals surface area contributed by atoms with Crippen LogP contribution in [0.4, 0.5) is 0 Å². The maximum atomic E-state index is 6.11. The highest BCUT2D eigenvalue weighted by molar-refractivity contribution is 5.78. The number of hydrogen-bond acceptors (Lipinski definition) is 2. The second-order valence-corrected chi connectivity index (χ2v) is 6.00. The van der Waals surface area contributed by atoms with Gasteiger partial charge in [0.05, 0.1) is 6.10 Å². The van der Waals surface area contributed by atoms with E-state index in [1.165, 1.54) is 38.5 Å². The van der Waals surface area contributed by atoms with E-state index in [0.717, 1.165) is 44.5 Å². The number of ether oxygens (including phenoxy) is 1. The molecule has 0 aromatic rings. The molecule has 0 spiro atoms. The van der Waals surface area contributed by atoms with Gasteiger partial charge < -0.3 is 15.4 Å². The zero-order valence-electron chi connectivity index (χ0n) is 12.3. The second kappa shape index (κ2) is 7.73. The average molecular weight is 267 g/mol. The van der Waals surface area contributed by atoms with Gasteiger partial charge in [-0.1, -0.05) is 12.8 Å². The molecule has 19 heavy (non-hydrogen) atoms. The molecule has 110 valence electrons. The molecule has 0 aromatic heterocycles. The number of hydrogen-bond donors (Lipinski definition) is 1. The first-order valence-electron chi connectivity index (χ1n) is 7.92. The van der Waals surface area contributed by atoms with Gasteiger partial charge in [0.2, 0.25) is 0 Å². The fraction of sp³-hybridized carbons (Fsp3) is 0.933. The van der Waals surface area contributed by atoms with E-state index in [9.17, 15) is 0 Å². The van der Waals surface area contributed by atoms with E-state index in [1.54, 1.807) is 0 Å². The van der Waals surface area contributed by atoms with E-state index in [4.69, 9.17) is 10.5 Å². The lowest BCUT2D eigenvalue weighted by molar-refractivity contribution is 0.00147. The van der Waals surface area contributed by atoms with Crippen molar-refractivity contribution >= 4 is 5.96 Å². The summed E-state index contributed by atoms with van der Waals surface area (Å²) < 4.78 is 5.58. The van der Waals surface area contributed by atoms with E-state index in [0.29, 0.717) is 6.10 Å². The molecule has 0 radical (unpaired) electrons. The molecule has 4 heteroatoms. The number of rotatable bonds is 3. The molecule has 0 saturated carbocycles. The zero-order valence-corrected chi connectivity index (χ0v) is 12.3. The van der Waals surface area contributed by atoms with Crippen LogP contribution in [-0.2, 0) is 4.74 Å². The summed E-state index contributed by atoms with van der Waals surface area (Å²) in [5.74, 6) is 1.53. The van der Waals surface area contributed by atoms with Crippen LogP contribution < -0.4 is 5.73 Å². The van der Waals surface area contributed by atoms with E-state index < -0.39 is 0 Å². The molecule has 2 aliphatic heterocycles. The molecule has 0 amide bonds. The molecular weight excluding hydrogens is 238 g/mol. The Morgan fingerprint density at radius 1 is 1.26 bits per heavy atom. The molecule has 0 unspecified atom stereocenters. The molecule has 2 heterocycles. The van der Waals surface area contributed by atoms with Gasteiger partial charge in [-0.05, 0) is 44.9 Å². The molecule has 2 atom stereocenters. The number of nitrogens with two attached hydrogens (primary N) is 1. The fourth-order valence-corrected chi connectivity index (χ4v) is 3.11. The van der Waals surface area contributed by atoms with Gasteiger partial charge in [0.1, 0.15) is 0 Å². The highest BCUT2D eigenvalue weighted by Crippen LogP contribution is 2.22. The van der Waals surface area contributed by atoms with Crippen molar-refractivity contribution in [3.05, 3.63) is 0 Å². The van der Waals surface area contributed by atoms with Crippen molar-refractivity contribution in [2.75, 3.05) is 26.2 Å². The van der Waals surface area contributed by atoms with Gasteiger partial charge in [-0.25, -0.2) is 0 Å². The molecular formula is C15H29N3O. The molecule has 2 rings (SSSR count). The molecule has 2 fully saturated rings. The van der Waals surface area contributed by atoms with E-state index in [2.05, 4.69) is 16.8 Å². The number of nitrogens with zero attached hydrogens (tertiary/aromatic N) is 2. The summed E-state index contributed by atoms with van der Waals surface area (Å²) in [7, 11) is 0. The Balaban J connectivity index is 1.71. The van der Waals surface area contributed by atoms with Gasteiger partial charge in [0.15, 0.2) is 5.96 Å². The molecule has 0 aliphatic carbocycles. The van der Waals surface area contributed by atoms with Crippen LogP contribution >= 0.6 is 0 Å². The van der Waals surface area contributed by atoms with Crippen LogP contribution in [0.15, 0.2) is 4.99 Å². The monoisotopic (exact) mass is 267 g/mol. The molecule has 2 N–H and O–H groups in total. The van der Waals surface area contributed by atoms with Gasteiger partial charge in [0, 0.05) is 26.2 Å². The Bertz CT molecular complexity index is 285. The highest BCUT2D eigenvalue weighted by Gasteiger charge is 2.19. The maximum Gasteiger partial charge on any atom is 0.191 e. The van der Waals surface area contributed by atoms with Crippen molar-refractivity contribution in [3.63, 3.8) is 0 Å². The third-order valence-corrected chi connectivity index (χ3v) is 4.33. The summed E-state index contributed by atoms with van der Waals surface area (Å²) in [6.45, 7) is 6.13. The van der Waals surface area contributed by atoms with Crippen molar-refractivity contribution < 1.29 is 4.74 Å². The largest absolute Gasteiger partial charge is 0.378 e. The summed E-state index contributed by atoms with van der Waals surface area (Å²) in [5.41, 5.74) is 6.11. The highest BCUT2D eigenvalue weighted by atomic mass is 16.5. The van der Waals surface area contributed by atoms with Crippen LogP contribution in [0, 0.1) is 5.92 Å².